The lowest BCUT2D eigenvalue weighted by Gasteiger charge is -2.18. The van der Waals surface area contributed by atoms with Gasteiger partial charge in [-0.25, -0.2) is 5.10 Å². The molecule has 3 rings (SSSR count). The summed E-state index contributed by atoms with van der Waals surface area (Å²) in [6.45, 7) is 0. The van der Waals surface area contributed by atoms with E-state index in [1.165, 1.54) is 12.1 Å². The van der Waals surface area contributed by atoms with Gasteiger partial charge in [0.1, 0.15) is 11.4 Å². The van der Waals surface area contributed by atoms with Crippen molar-refractivity contribution < 1.29 is 9.53 Å². The standard InChI is InChI=1S/C16H17N3O3/c1-22-12-6-4-11(5-7-12)15(10-2-3-10)17-16(21)13-8-9-14(20)19-18-13/h4-10,15H,2-3H2,1H3,(H,17,21)(H,19,20)/t15-/m1/s1. The van der Waals surface area contributed by atoms with Gasteiger partial charge >= 0.3 is 0 Å². The third kappa shape index (κ3) is 3.16. The maximum Gasteiger partial charge on any atom is 0.272 e. The number of amides is 1. The second-order valence-electron chi connectivity index (χ2n) is 5.37. The van der Waals surface area contributed by atoms with Gasteiger partial charge in [-0.2, -0.15) is 5.10 Å². The Hall–Kier alpha value is -2.63. The fourth-order valence-electron chi connectivity index (χ4n) is 2.40. The molecule has 0 bridgehead atoms. The number of benzene rings is 1. The predicted octanol–water partition coefficient (Wildman–Crippen LogP) is 1.66. The molecule has 6 nitrogen and oxygen atoms in total. The monoisotopic (exact) mass is 299 g/mol. The average molecular weight is 299 g/mol. The van der Waals surface area contributed by atoms with Crippen LogP contribution in [0, 0.1) is 5.92 Å². The molecule has 2 aromatic rings. The normalized spacial score (nSPS) is 15.1. The Morgan fingerprint density at radius 2 is 2.00 bits per heavy atom. The third-order valence-corrected chi connectivity index (χ3v) is 3.77. The molecule has 1 atom stereocenters. The van der Waals surface area contributed by atoms with Gasteiger partial charge in [0, 0.05) is 6.07 Å². The number of aromatic amines is 1. The van der Waals surface area contributed by atoms with Crippen molar-refractivity contribution >= 4 is 5.91 Å². The number of nitrogens with one attached hydrogen (secondary N) is 2. The maximum atomic E-state index is 12.3. The zero-order chi connectivity index (χ0) is 15.5. The molecule has 114 valence electrons. The van der Waals surface area contributed by atoms with Crippen LogP contribution in [0.1, 0.15) is 34.9 Å². The van der Waals surface area contributed by atoms with Crippen LogP contribution in [0.3, 0.4) is 0 Å². The first-order valence-electron chi connectivity index (χ1n) is 7.18. The summed E-state index contributed by atoms with van der Waals surface area (Å²) < 4.78 is 5.16. The lowest BCUT2D eigenvalue weighted by atomic mass is 10.0. The molecule has 6 heteroatoms. The van der Waals surface area contributed by atoms with Crippen molar-refractivity contribution in [3.63, 3.8) is 0 Å². The third-order valence-electron chi connectivity index (χ3n) is 3.77. The summed E-state index contributed by atoms with van der Waals surface area (Å²) in [6.07, 6.45) is 2.19. The number of ether oxygens (including phenoxy) is 1. The van der Waals surface area contributed by atoms with Gasteiger partial charge in [0.25, 0.3) is 11.5 Å². The molecular weight excluding hydrogens is 282 g/mol. The van der Waals surface area contributed by atoms with Crippen LogP contribution in [-0.2, 0) is 0 Å². The van der Waals surface area contributed by atoms with Gasteiger partial charge in [-0.15, -0.1) is 0 Å². The lowest BCUT2D eigenvalue weighted by molar-refractivity contribution is 0.0925. The number of nitrogens with zero attached hydrogens (tertiary/aromatic N) is 1. The highest BCUT2D eigenvalue weighted by atomic mass is 16.5. The van der Waals surface area contributed by atoms with Crippen LogP contribution in [0.15, 0.2) is 41.2 Å². The molecule has 1 aromatic carbocycles. The molecule has 0 unspecified atom stereocenters. The van der Waals surface area contributed by atoms with Crippen molar-refractivity contribution in [1.29, 1.82) is 0 Å². The van der Waals surface area contributed by atoms with Gasteiger partial charge in [-0.1, -0.05) is 12.1 Å². The second kappa shape index (κ2) is 6.01. The second-order valence-corrected chi connectivity index (χ2v) is 5.37. The van der Waals surface area contributed by atoms with Crippen molar-refractivity contribution in [1.82, 2.24) is 15.5 Å². The van der Waals surface area contributed by atoms with E-state index in [1.54, 1.807) is 7.11 Å². The van der Waals surface area contributed by atoms with E-state index in [1.807, 2.05) is 24.3 Å². The first-order chi connectivity index (χ1) is 10.7. The highest BCUT2D eigenvalue weighted by molar-refractivity contribution is 5.92. The topological polar surface area (TPSA) is 84.1 Å². The van der Waals surface area contributed by atoms with Crippen molar-refractivity contribution in [2.45, 2.75) is 18.9 Å². The molecule has 22 heavy (non-hydrogen) atoms. The quantitative estimate of drug-likeness (QED) is 0.879. The van der Waals surface area contributed by atoms with Crippen LogP contribution in [0.25, 0.3) is 0 Å². The van der Waals surface area contributed by atoms with Crippen LogP contribution in [0.5, 0.6) is 5.75 Å². The van der Waals surface area contributed by atoms with Crippen molar-refractivity contribution in [3.8, 4) is 5.75 Å². The van der Waals surface area contributed by atoms with E-state index in [0.29, 0.717) is 5.92 Å². The molecule has 0 aliphatic heterocycles. The molecular formula is C16H17N3O3. The van der Waals surface area contributed by atoms with E-state index in [0.717, 1.165) is 24.2 Å². The van der Waals surface area contributed by atoms with Crippen molar-refractivity contribution in [2.75, 3.05) is 7.11 Å². The van der Waals surface area contributed by atoms with Gasteiger partial charge < -0.3 is 10.1 Å². The van der Waals surface area contributed by atoms with Crippen LogP contribution in [0.4, 0.5) is 0 Å². The highest BCUT2D eigenvalue weighted by Gasteiger charge is 2.33. The summed E-state index contributed by atoms with van der Waals surface area (Å²) >= 11 is 0. The number of hydrogen-bond donors (Lipinski definition) is 2. The molecule has 2 N–H and O–H groups in total. The molecule has 1 heterocycles. The number of carbonyl (C=O) groups is 1. The summed E-state index contributed by atoms with van der Waals surface area (Å²) in [5, 5.41) is 9.04. The minimum Gasteiger partial charge on any atom is -0.497 e. The Morgan fingerprint density at radius 1 is 1.27 bits per heavy atom. The minimum atomic E-state index is -0.328. The fourth-order valence-corrected chi connectivity index (χ4v) is 2.40. The van der Waals surface area contributed by atoms with Gasteiger partial charge in [0.2, 0.25) is 0 Å². The minimum absolute atomic E-state index is 0.0489. The Kier molecular flexibility index (Phi) is 3.91. The Morgan fingerprint density at radius 3 is 2.55 bits per heavy atom. The fraction of sp³-hybridized carbons (Fsp3) is 0.312. The zero-order valence-electron chi connectivity index (χ0n) is 12.2. The summed E-state index contributed by atoms with van der Waals surface area (Å²) in [4.78, 5) is 23.3. The number of hydrogen-bond acceptors (Lipinski definition) is 4. The van der Waals surface area contributed by atoms with Crippen molar-refractivity contribution in [3.05, 3.63) is 58.0 Å². The maximum absolute atomic E-state index is 12.3. The van der Waals surface area contributed by atoms with Crippen LogP contribution >= 0.6 is 0 Å². The van der Waals surface area contributed by atoms with Crippen molar-refractivity contribution in [2.24, 2.45) is 5.92 Å². The lowest BCUT2D eigenvalue weighted by Crippen LogP contribution is -2.31. The van der Waals surface area contributed by atoms with E-state index in [2.05, 4.69) is 15.5 Å². The van der Waals surface area contributed by atoms with E-state index >= 15 is 0 Å². The number of methoxy groups -OCH3 is 1. The molecule has 0 saturated heterocycles. The SMILES string of the molecule is COc1ccc([C@H](NC(=O)c2ccc(=O)[nH]n2)C2CC2)cc1. The number of aromatic nitrogens is 2. The summed E-state index contributed by atoms with van der Waals surface area (Å²) in [5.41, 5.74) is 0.922. The summed E-state index contributed by atoms with van der Waals surface area (Å²) in [5.74, 6) is 0.941. The van der Waals surface area contributed by atoms with Crippen LogP contribution < -0.4 is 15.6 Å². The van der Waals surface area contributed by atoms with Gasteiger partial charge in [-0.3, -0.25) is 9.59 Å². The molecule has 0 radical (unpaired) electrons. The Balaban J connectivity index is 1.77. The zero-order valence-corrected chi connectivity index (χ0v) is 12.2. The average Bonchev–Trinajstić information content (AvgIpc) is 3.38. The first-order valence-corrected chi connectivity index (χ1v) is 7.18. The molecule has 1 saturated carbocycles. The number of rotatable bonds is 5. The molecule has 1 aliphatic carbocycles. The smallest absolute Gasteiger partial charge is 0.272 e. The molecule has 1 amide bonds. The first kappa shape index (κ1) is 14.3. The van der Waals surface area contributed by atoms with E-state index in [-0.39, 0.29) is 23.2 Å². The number of carbonyl (C=O) groups excluding carboxylic acids is 1. The largest absolute Gasteiger partial charge is 0.497 e. The number of H-pyrrole nitrogens is 1. The summed E-state index contributed by atoms with van der Waals surface area (Å²) in [7, 11) is 1.62. The van der Waals surface area contributed by atoms with Gasteiger partial charge in [0.05, 0.1) is 13.2 Å². The Bertz CT molecular complexity index is 700. The highest BCUT2D eigenvalue weighted by Crippen LogP contribution is 2.41. The summed E-state index contributed by atoms with van der Waals surface area (Å²) in [6, 6.07) is 10.4. The molecule has 0 spiro atoms. The van der Waals surface area contributed by atoms with Crippen LogP contribution in [0.2, 0.25) is 0 Å². The molecule has 1 aromatic heterocycles. The van der Waals surface area contributed by atoms with E-state index < -0.39 is 0 Å². The van der Waals surface area contributed by atoms with Gasteiger partial charge in [-0.05, 0) is 42.5 Å². The van der Waals surface area contributed by atoms with Gasteiger partial charge in [0.15, 0.2) is 0 Å². The molecule has 1 aliphatic rings. The van der Waals surface area contributed by atoms with E-state index in [4.69, 9.17) is 4.74 Å². The predicted molar refractivity (Wildman–Crippen MR) is 80.8 cm³/mol. The van der Waals surface area contributed by atoms with Crippen LogP contribution in [-0.4, -0.2) is 23.2 Å². The Labute approximate surface area is 127 Å². The van der Waals surface area contributed by atoms with E-state index in [9.17, 15) is 9.59 Å². The molecule has 1 fully saturated rings.